The summed E-state index contributed by atoms with van der Waals surface area (Å²) < 4.78 is 23.2. The highest BCUT2D eigenvalue weighted by Gasteiger charge is 2.32. The van der Waals surface area contributed by atoms with Crippen LogP contribution in [0, 0.1) is 0 Å². The van der Waals surface area contributed by atoms with Gasteiger partial charge in [0.05, 0.1) is 18.7 Å². The molecule has 0 radical (unpaired) electrons. The number of aromatic amines is 2. The topological polar surface area (TPSA) is 347 Å². The van der Waals surface area contributed by atoms with Gasteiger partial charge in [0.1, 0.15) is 22.1 Å². The Morgan fingerprint density at radius 3 is 1.53 bits per heavy atom. The van der Waals surface area contributed by atoms with Crippen LogP contribution in [0.3, 0.4) is 0 Å². The van der Waals surface area contributed by atoms with Crippen LogP contribution < -0.4 is 33.0 Å². The lowest BCUT2D eigenvalue weighted by Gasteiger charge is -2.27. The van der Waals surface area contributed by atoms with Crippen LogP contribution in [0.1, 0.15) is 197 Å². The van der Waals surface area contributed by atoms with E-state index in [1.165, 1.54) is 38.5 Å². The first kappa shape index (κ1) is 68.4. The van der Waals surface area contributed by atoms with E-state index in [-0.39, 0.29) is 80.6 Å². The smallest absolute Gasteiger partial charge is 0.285 e. The summed E-state index contributed by atoms with van der Waals surface area (Å²) in [6.07, 6.45) is 19.4. The second-order valence-corrected chi connectivity index (χ2v) is 26.9. The normalized spacial score (nSPS) is 17.3. The predicted molar refractivity (Wildman–Crippen MR) is 368 cm³/mol. The van der Waals surface area contributed by atoms with Gasteiger partial charge in [0.2, 0.25) is 22.5 Å². The highest BCUT2D eigenvalue weighted by Crippen LogP contribution is 2.41. The third-order valence-corrected chi connectivity index (χ3v) is 19.5. The van der Waals surface area contributed by atoms with E-state index < -0.39 is 6.04 Å². The summed E-state index contributed by atoms with van der Waals surface area (Å²) in [6, 6.07) is 21.9. The Kier molecular flexibility index (Phi) is 22.3. The molecule has 4 fully saturated rings. The number of anilines is 2. The summed E-state index contributed by atoms with van der Waals surface area (Å²) in [5.74, 6) is 5.11. The van der Waals surface area contributed by atoms with Gasteiger partial charge in [-0.25, -0.2) is 24.9 Å². The van der Waals surface area contributed by atoms with Crippen molar-refractivity contribution in [1.29, 1.82) is 0 Å². The van der Waals surface area contributed by atoms with Crippen molar-refractivity contribution in [3.8, 4) is 0 Å². The molecule has 4 aliphatic carbocycles. The number of aromatic nitrogens is 12. The minimum absolute atomic E-state index is 0.0767. The van der Waals surface area contributed by atoms with Gasteiger partial charge in [-0.05, 0) is 140 Å². The van der Waals surface area contributed by atoms with Gasteiger partial charge >= 0.3 is 0 Å². The number of fused-ring (bicyclic) bond motifs is 5. The standard InChI is InChI=1S/C19H19ClN4O2.C18H19ClN4O3.C10H9Cl2N3O.C10H10ClN3O2.C9H12ClNO/c20-13-7-3-6-12(10-13)14-8-9-24-18(25)16-15(22-19(24)21-14)17(26-23-16)11-4-1-2-5-11;19-12-7-3-6-11(8-12)13(9-24)20-18-21-14-15(17(25)22-18)23-26-16(14)10-4-1-2-5-10;11-9-7-6(13-10(12)14-9)8(16-15-7)5-3-1-2-4-5;11-10-12-6-7(9(15)13-10)14-16-8(6)5-3-1-2-4-5;10-8-3-1-2-7(6-8)9(11)4-5-12/h3,6-7,10-11,14H,1-2,4-5,8-9H2,(H,21,22);3,6-8,10,13,24H,1-2,4-5,9H2,(H2,20,21,22,25);5H,1-4H2;5H,1-4H2,(H,12,13,15);1-3,6,9,12H,4-5,11H2. The summed E-state index contributed by atoms with van der Waals surface area (Å²) >= 11 is 35.4. The van der Waals surface area contributed by atoms with Crippen LogP contribution in [-0.2, 0) is 6.54 Å². The van der Waals surface area contributed by atoms with Crippen LogP contribution in [0.4, 0.5) is 11.9 Å². The van der Waals surface area contributed by atoms with E-state index in [1.54, 1.807) is 28.8 Å². The van der Waals surface area contributed by atoms with Crippen molar-refractivity contribution in [1.82, 2.24) is 60.1 Å². The molecule has 0 amide bonds. The van der Waals surface area contributed by atoms with E-state index in [0.29, 0.717) is 96.4 Å². The fourth-order valence-electron chi connectivity index (χ4n) is 13.3. The molecule has 16 rings (SSSR count). The molecule has 8 N–H and O–H groups in total. The molecule has 3 aromatic carbocycles. The van der Waals surface area contributed by atoms with Crippen LogP contribution in [0.15, 0.2) is 105 Å². The number of aliphatic hydroxyl groups excluding tert-OH is 2. The van der Waals surface area contributed by atoms with Gasteiger partial charge in [-0.3, -0.25) is 28.9 Å². The van der Waals surface area contributed by atoms with Crippen LogP contribution in [0.25, 0.3) is 44.1 Å². The summed E-state index contributed by atoms with van der Waals surface area (Å²) in [5, 5.41) is 42.9. The molecule has 5 aliphatic rings. The SMILES string of the molecule is Clc1nc(Cl)c2noc(C3CCCC3)c2n1.NC(CCO)c1cccc(Cl)c1.O=c1[nH]c(Cl)nc2c(C3CCCC3)onc12.O=c1[nH]c(NC(CO)c2cccc(Cl)c2)nc2c(C3CCCC3)onc12.O=c1c2noc(C3CCCC3)c2nc2n1CCC(c1cccc(Cl)c1)N2. The summed E-state index contributed by atoms with van der Waals surface area (Å²) in [7, 11) is 0. The average Bonchev–Trinajstić information content (AvgIpc) is 1.59. The average molecular weight is 1430 g/mol. The highest BCUT2D eigenvalue weighted by molar-refractivity contribution is 6.35. The largest absolute Gasteiger partial charge is 0.396 e. The number of benzene rings is 3. The fourth-order valence-corrected chi connectivity index (χ4v) is 14.4. The van der Waals surface area contributed by atoms with Crippen LogP contribution in [-0.4, -0.2) is 83.5 Å². The van der Waals surface area contributed by atoms with Crippen LogP contribution in [0.5, 0.6) is 0 Å². The van der Waals surface area contributed by atoms with Crippen molar-refractivity contribution < 1.29 is 28.3 Å². The molecule has 24 nitrogen and oxygen atoms in total. The van der Waals surface area contributed by atoms with Gasteiger partial charge in [0.15, 0.2) is 50.3 Å². The maximum Gasteiger partial charge on any atom is 0.285 e. The van der Waals surface area contributed by atoms with Gasteiger partial charge in [0.25, 0.3) is 16.7 Å². The van der Waals surface area contributed by atoms with Gasteiger partial charge < -0.3 is 44.7 Å². The third kappa shape index (κ3) is 15.7. The molecule has 0 spiro atoms. The zero-order chi connectivity index (χ0) is 67.0. The molecule has 30 heteroatoms. The molecule has 3 unspecified atom stereocenters. The van der Waals surface area contributed by atoms with Crippen molar-refractivity contribution in [2.45, 2.75) is 164 Å². The molecule has 9 heterocycles. The maximum absolute atomic E-state index is 12.8. The Balaban J connectivity index is 0.000000118. The molecule has 0 saturated heterocycles. The lowest BCUT2D eigenvalue weighted by atomic mass is 10.0. The monoisotopic (exact) mass is 1430 g/mol. The lowest BCUT2D eigenvalue weighted by Crippen LogP contribution is -2.32. The number of halogens is 6. The zero-order valence-electron chi connectivity index (χ0n) is 51.9. The Morgan fingerprint density at radius 1 is 0.531 bits per heavy atom. The van der Waals surface area contributed by atoms with Crippen molar-refractivity contribution in [2.75, 3.05) is 23.8 Å². The summed E-state index contributed by atoms with van der Waals surface area (Å²) in [6.45, 7) is 0.516. The second kappa shape index (κ2) is 31.3. The number of hydrogen-bond donors (Lipinski definition) is 7. The molecule has 8 aromatic heterocycles. The first-order valence-corrected chi connectivity index (χ1v) is 34.5. The molecular formula is C66H69Cl6N15O9. The summed E-state index contributed by atoms with van der Waals surface area (Å²) in [4.78, 5) is 63.1. The van der Waals surface area contributed by atoms with Crippen molar-refractivity contribution >= 4 is 126 Å². The Bertz CT molecular complexity index is 4640. The molecule has 3 atom stereocenters. The van der Waals surface area contributed by atoms with E-state index in [9.17, 15) is 19.5 Å². The molecule has 4 saturated carbocycles. The Hall–Kier alpha value is -7.52. The number of rotatable bonds is 12. The van der Waals surface area contributed by atoms with E-state index in [2.05, 4.69) is 61.2 Å². The van der Waals surface area contributed by atoms with Gasteiger partial charge in [-0.2, -0.15) is 0 Å². The van der Waals surface area contributed by atoms with E-state index in [4.69, 9.17) is 104 Å². The first-order chi connectivity index (χ1) is 46.6. The van der Waals surface area contributed by atoms with E-state index in [1.807, 2.05) is 48.5 Å². The molecule has 504 valence electrons. The number of nitrogens with zero attached hydrogens (tertiary/aromatic N) is 10. The molecule has 1 aliphatic heterocycles. The predicted octanol–water partition coefficient (Wildman–Crippen LogP) is 15.1. The minimum atomic E-state index is -0.455. The number of hydrogen-bond acceptors (Lipinski definition) is 21. The molecule has 11 aromatic rings. The maximum atomic E-state index is 12.8. The quantitative estimate of drug-likeness (QED) is 0.0441. The Morgan fingerprint density at radius 2 is 1.00 bits per heavy atom. The van der Waals surface area contributed by atoms with Gasteiger partial charge in [-0.1, -0.05) is 155 Å². The summed E-state index contributed by atoms with van der Waals surface area (Å²) in [5.41, 5.74) is 11.4. The number of H-pyrrole nitrogens is 2. The Labute approximate surface area is 578 Å². The zero-order valence-corrected chi connectivity index (χ0v) is 56.4. The van der Waals surface area contributed by atoms with Crippen molar-refractivity contribution in [2.24, 2.45) is 5.73 Å². The molecule has 0 bridgehead atoms. The van der Waals surface area contributed by atoms with E-state index >= 15 is 0 Å². The minimum Gasteiger partial charge on any atom is -0.396 e. The molecule has 96 heavy (non-hydrogen) atoms. The van der Waals surface area contributed by atoms with Crippen molar-refractivity contribution in [3.05, 3.63) is 174 Å². The lowest BCUT2D eigenvalue weighted by molar-refractivity contribution is 0.275. The number of nitrogens with two attached hydrogens (primary N) is 1. The first-order valence-electron chi connectivity index (χ1n) is 32.2. The van der Waals surface area contributed by atoms with Crippen LogP contribution >= 0.6 is 69.6 Å². The fraction of sp³-hybridized carbons (Fsp3) is 0.424. The number of nitrogens with one attached hydrogen (secondary N) is 4. The molecular weight excluding hydrogens is 1360 g/mol. The third-order valence-electron chi connectivity index (χ3n) is 18.2. The highest BCUT2D eigenvalue weighted by atomic mass is 35.5. The van der Waals surface area contributed by atoms with Crippen LogP contribution in [0.2, 0.25) is 30.8 Å². The van der Waals surface area contributed by atoms with Gasteiger partial charge in [0, 0.05) is 57.9 Å². The second-order valence-electron chi connectivity index (χ2n) is 24.5. The van der Waals surface area contributed by atoms with Gasteiger partial charge in [-0.15, -0.1) is 0 Å². The van der Waals surface area contributed by atoms with E-state index in [0.717, 1.165) is 98.8 Å². The number of aliphatic hydroxyl groups is 2. The van der Waals surface area contributed by atoms with Crippen molar-refractivity contribution in [3.63, 3.8) is 0 Å².